The number of rotatable bonds is 1. The molecular weight excluding hydrogens is 290 g/mol. The van der Waals surface area contributed by atoms with E-state index in [0.717, 1.165) is 5.56 Å². The summed E-state index contributed by atoms with van der Waals surface area (Å²) in [5.74, 6) is 0.715. The number of benzene rings is 1. The first-order chi connectivity index (χ1) is 9.51. The molecule has 1 heterocycles. The molecule has 0 spiro atoms. The van der Waals surface area contributed by atoms with E-state index in [1.165, 1.54) is 12.1 Å². The van der Waals surface area contributed by atoms with Gasteiger partial charge in [0.15, 0.2) is 0 Å². The quantitative estimate of drug-likeness (QED) is 0.788. The highest BCUT2D eigenvalue weighted by Crippen LogP contribution is 2.15. The van der Waals surface area contributed by atoms with Crippen LogP contribution in [0, 0.1) is 6.92 Å². The Balaban J connectivity index is 0.000000211. The van der Waals surface area contributed by atoms with Crippen LogP contribution < -0.4 is 5.73 Å². The monoisotopic (exact) mass is 311 g/mol. The number of aromatic nitrogens is 2. The molecule has 0 bridgehead atoms. The third-order valence-electron chi connectivity index (χ3n) is 2.63. The molecule has 0 atom stereocenters. The summed E-state index contributed by atoms with van der Waals surface area (Å²) < 4.78 is 31.4. The third-order valence-corrected chi connectivity index (χ3v) is 3.49. The molecule has 0 fully saturated rings. The Kier molecular flexibility index (Phi) is 5.14. The van der Waals surface area contributed by atoms with Crippen LogP contribution in [0.15, 0.2) is 41.4 Å². The molecule has 0 amide bonds. The topological polar surface area (TPSA) is 98.2 Å². The van der Waals surface area contributed by atoms with Crippen molar-refractivity contribution in [3.8, 4) is 0 Å². The fraction of sp³-hybridized carbons (Fsp3) is 0.357. The maximum atomic E-state index is 10.5. The zero-order valence-corrected chi connectivity index (χ0v) is 13.4. The smallest absolute Gasteiger partial charge is 0.294 e. The number of anilines is 1. The van der Waals surface area contributed by atoms with Gasteiger partial charge in [0, 0.05) is 0 Å². The van der Waals surface area contributed by atoms with Crippen LogP contribution in [0.2, 0.25) is 0 Å². The van der Waals surface area contributed by atoms with E-state index >= 15 is 0 Å². The van der Waals surface area contributed by atoms with E-state index in [0.29, 0.717) is 5.82 Å². The maximum absolute atomic E-state index is 10.5. The molecule has 0 unspecified atom stereocenters. The Morgan fingerprint density at radius 3 is 1.95 bits per heavy atom. The molecule has 0 aliphatic heterocycles. The fourth-order valence-electron chi connectivity index (χ4n) is 1.58. The van der Waals surface area contributed by atoms with Crippen molar-refractivity contribution in [3.05, 3.63) is 42.1 Å². The molecule has 7 heteroatoms. The van der Waals surface area contributed by atoms with Crippen molar-refractivity contribution in [1.82, 2.24) is 9.78 Å². The number of aryl methyl sites for hydroxylation is 1. The number of nitrogen functional groups attached to an aromatic ring is 1. The molecule has 3 N–H and O–H groups in total. The van der Waals surface area contributed by atoms with Gasteiger partial charge in [0.05, 0.1) is 16.6 Å². The second kappa shape index (κ2) is 6.28. The van der Waals surface area contributed by atoms with E-state index in [-0.39, 0.29) is 10.4 Å². The molecular formula is C14H21N3O3S. The van der Waals surface area contributed by atoms with Gasteiger partial charge in [-0.1, -0.05) is 17.7 Å². The Hall–Kier alpha value is -1.86. The van der Waals surface area contributed by atoms with E-state index in [2.05, 4.69) is 25.9 Å². The number of hydrogen-bond acceptors (Lipinski definition) is 4. The SMILES string of the molecule is CC(C)(C)n1nccc1N.Cc1ccc(S(=O)(=O)O)cc1. The lowest BCUT2D eigenvalue weighted by Crippen LogP contribution is -2.24. The Labute approximate surface area is 125 Å². The lowest BCUT2D eigenvalue weighted by Gasteiger charge is -2.20. The van der Waals surface area contributed by atoms with Gasteiger partial charge in [-0.05, 0) is 45.9 Å². The van der Waals surface area contributed by atoms with Crippen LogP contribution in [0.5, 0.6) is 0 Å². The van der Waals surface area contributed by atoms with Crippen molar-refractivity contribution in [2.24, 2.45) is 0 Å². The Bertz CT molecular complexity index is 683. The summed E-state index contributed by atoms with van der Waals surface area (Å²) in [4.78, 5) is -0.0666. The molecule has 0 saturated heterocycles. The highest BCUT2D eigenvalue weighted by Gasteiger charge is 2.14. The summed E-state index contributed by atoms with van der Waals surface area (Å²) in [6.07, 6.45) is 1.71. The van der Waals surface area contributed by atoms with Crippen LogP contribution in [-0.4, -0.2) is 22.8 Å². The Morgan fingerprint density at radius 2 is 1.67 bits per heavy atom. The first kappa shape index (κ1) is 17.2. The lowest BCUT2D eigenvalue weighted by atomic mass is 10.1. The molecule has 1 aromatic carbocycles. The molecule has 2 aromatic rings. The molecule has 0 aliphatic carbocycles. The van der Waals surface area contributed by atoms with Gasteiger partial charge in [-0.3, -0.25) is 4.55 Å². The summed E-state index contributed by atoms with van der Waals surface area (Å²) >= 11 is 0. The number of nitrogens with zero attached hydrogens (tertiary/aromatic N) is 2. The first-order valence-corrected chi connectivity index (χ1v) is 7.80. The van der Waals surface area contributed by atoms with Crippen LogP contribution in [0.25, 0.3) is 0 Å². The summed E-state index contributed by atoms with van der Waals surface area (Å²) in [5, 5.41) is 4.08. The van der Waals surface area contributed by atoms with Gasteiger partial charge in [-0.2, -0.15) is 13.5 Å². The predicted molar refractivity (Wildman–Crippen MR) is 82.6 cm³/mol. The molecule has 1 aromatic heterocycles. The summed E-state index contributed by atoms with van der Waals surface area (Å²) in [6.45, 7) is 8.04. The highest BCUT2D eigenvalue weighted by atomic mass is 32.2. The van der Waals surface area contributed by atoms with Gasteiger partial charge < -0.3 is 5.73 Å². The van der Waals surface area contributed by atoms with Gasteiger partial charge in [-0.25, -0.2) is 4.68 Å². The zero-order valence-electron chi connectivity index (χ0n) is 12.6. The summed E-state index contributed by atoms with van der Waals surface area (Å²) in [7, 11) is -4.02. The number of nitrogens with two attached hydrogens (primary N) is 1. The second-order valence-electron chi connectivity index (χ2n) is 5.63. The van der Waals surface area contributed by atoms with Crippen molar-refractivity contribution in [1.29, 1.82) is 0 Å². The van der Waals surface area contributed by atoms with Crippen LogP contribution in [0.1, 0.15) is 26.3 Å². The van der Waals surface area contributed by atoms with Crippen molar-refractivity contribution in [3.63, 3.8) is 0 Å². The average molecular weight is 311 g/mol. The largest absolute Gasteiger partial charge is 0.384 e. The predicted octanol–water partition coefficient (Wildman–Crippen LogP) is 2.46. The third kappa shape index (κ3) is 5.20. The minimum absolute atomic E-state index is 0.00637. The summed E-state index contributed by atoms with van der Waals surface area (Å²) in [5.41, 5.74) is 6.58. The molecule has 21 heavy (non-hydrogen) atoms. The average Bonchev–Trinajstić information content (AvgIpc) is 2.75. The van der Waals surface area contributed by atoms with Crippen molar-refractivity contribution in [2.45, 2.75) is 38.1 Å². The summed E-state index contributed by atoms with van der Waals surface area (Å²) in [6, 6.07) is 7.78. The first-order valence-electron chi connectivity index (χ1n) is 6.36. The van der Waals surface area contributed by atoms with E-state index in [9.17, 15) is 8.42 Å². The van der Waals surface area contributed by atoms with Gasteiger partial charge in [0.1, 0.15) is 5.82 Å². The van der Waals surface area contributed by atoms with Crippen LogP contribution in [0.3, 0.4) is 0 Å². The molecule has 0 radical (unpaired) electrons. The van der Waals surface area contributed by atoms with Crippen molar-refractivity contribution >= 4 is 15.9 Å². The van der Waals surface area contributed by atoms with Crippen LogP contribution in [-0.2, 0) is 15.7 Å². The van der Waals surface area contributed by atoms with Gasteiger partial charge in [-0.15, -0.1) is 0 Å². The van der Waals surface area contributed by atoms with E-state index < -0.39 is 10.1 Å². The van der Waals surface area contributed by atoms with Gasteiger partial charge in [0.2, 0.25) is 0 Å². The Morgan fingerprint density at radius 1 is 1.14 bits per heavy atom. The molecule has 2 rings (SSSR count). The van der Waals surface area contributed by atoms with Gasteiger partial charge in [0.25, 0.3) is 10.1 Å². The lowest BCUT2D eigenvalue weighted by molar-refractivity contribution is 0.361. The zero-order chi connectivity index (χ0) is 16.3. The second-order valence-corrected chi connectivity index (χ2v) is 7.05. The normalized spacial score (nSPS) is 11.7. The minimum atomic E-state index is -4.02. The standard InChI is InChI=1S/C7H13N3.C7H8O3S/c1-7(2,3)10-6(8)4-5-9-10;1-6-2-4-7(5-3-6)11(8,9)10/h4-5H,8H2,1-3H3;2-5H,1H3,(H,8,9,10). The number of hydrogen-bond donors (Lipinski definition) is 2. The molecule has 0 saturated carbocycles. The van der Waals surface area contributed by atoms with E-state index in [1.54, 1.807) is 29.1 Å². The minimum Gasteiger partial charge on any atom is -0.384 e. The van der Waals surface area contributed by atoms with Crippen molar-refractivity contribution < 1.29 is 13.0 Å². The molecule has 0 aliphatic rings. The molecule has 116 valence electrons. The molecule has 6 nitrogen and oxygen atoms in total. The maximum Gasteiger partial charge on any atom is 0.294 e. The fourth-order valence-corrected chi connectivity index (χ4v) is 2.06. The van der Waals surface area contributed by atoms with E-state index in [1.807, 2.05) is 6.92 Å². The highest BCUT2D eigenvalue weighted by molar-refractivity contribution is 7.85. The van der Waals surface area contributed by atoms with Gasteiger partial charge >= 0.3 is 0 Å². The van der Waals surface area contributed by atoms with E-state index in [4.69, 9.17) is 10.3 Å². The van der Waals surface area contributed by atoms with Crippen molar-refractivity contribution in [2.75, 3.05) is 5.73 Å². The van der Waals surface area contributed by atoms with Crippen LogP contribution in [0.4, 0.5) is 5.82 Å². The van der Waals surface area contributed by atoms with Crippen LogP contribution >= 0.6 is 0 Å².